The molecule has 4 aromatic rings. The number of anilines is 1. The van der Waals surface area contributed by atoms with E-state index in [4.69, 9.17) is 17.3 Å². The molecule has 2 saturated heterocycles. The van der Waals surface area contributed by atoms with Gasteiger partial charge in [0.1, 0.15) is 17.2 Å². The first-order valence-electron chi connectivity index (χ1n) is 15.1. The number of nitrogen functional groups attached to an aromatic ring is 1. The predicted molar refractivity (Wildman–Crippen MR) is 167 cm³/mol. The average molecular weight is 686 g/mol. The second-order valence-corrected chi connectivity index (χ2v) is 11.8. The van der Waals surface area contributed by atoms with E-state index in [1.54, 1.807) is 23.1 Å². The summed E-state index contributed by atoms with van der Waals surface area (Å²) in [6.45, 7) is 3.35. The Balaban J connectivity index is 1.08. The highest BCUT2D eigenvalue weighted by Crippen LogP contribution is 2.39. The van der Waals surface area contributed by atoms with Gasteiger partial charge in [0.05, 0.1) is 28.0 Å². The molecule has 0 bridgehead atoms. The minimum Gasteiger partial charge on any atom is -0.384 e. The van der Waals surface area contributed by atoms with Gasteiger partial charge in [-0.1, -0.05) is 17.7 Å². The van der Waals surface area contributed by atoms with Crippen molar-refractivity contribution in [3.63, 3.8) is 0 Å². The minimum absolute atomic E-state index is 0.0115. The molecule has 18 heteroatoms. The van der Waals surface area contributed by atoms with Gasteiger partial charge in [-0.15, -0.1) is 0 Å². The standard InChI is InChI=1S/C30H31ClF3N11O3/c31-19-13-16(1-2-18(19)29(48)45-11-9-44(10-12-45)28(47)17-3-6-36-7-4-17)14-39-27(46)26-38-15-20(40-26)22-23(25-37-8-5-21(35)41-25)42-43-24(22)30(32,33)34/h1-2,5,8,13,15,17,36H,3-4,6-7,9-12,14H2,(H,38,40)(H,39,46)(H,42,43)(H2,35,37,41). The molecule has 0 unspecified atom stereocenters. The van der Waals surface area contributed by atoms with E-state index in [-0.39, 0.29) is 58.2 Å². The van der Waals surface area contributed by atoms with E-state index < -0.39 is 23.3 Å². The summed E-state index contributed by atoms with van der Waals surface area (Å²) < 4.78 is 41.5. The molecule has 6 N–H and O–H groups in total. The molecule has 0 spiro atoms. The van der Waals surface area contributed by atoms with Crippen molar-refractivity contribution in [1.82, 2.24) is 50.6 Å². The predicted octanol–water partition coefficient (Wildman–Crippen LogP) is 2.73. The summed E-state index contributed by atoms with van der Waals surface area (Å²) in [6, 6.07) is 6.14. The lowest BCUT2D eigenvalue weighted by molar-refractivity contribution is -0.140. The van der Waals surface area contributed by atoms with E-state index in [1.807, 2.05) is 10.00 Å². The summed E-state index contributed by atoms with van der Waals surface area (Å²) in [4.78, 5) is 57.0. The van der Waals surface area contributed by atoms with Crippen LogP contribution in [-0.4, -0.2) is 96.9 Å². The highest BCUT2D eigenvalue weighted by atomic mass is 35.5. The number of aromatic nitrogens is 6. The summed E-state index contributed by atoms with van der Waals surface area (Å²) in [5.74, 6) is -1.17. The Morgan fingerprint density at radius 1 is 1.04 bits per heavy atom. The van der Waals surface area contributed by atoms with Crippen molar-refractivity contribution in [2.45, 2.75) is 25.6 Å². The zero-order valence-electron chi connectivity index (χ0n) is 25.4. The number of halogens is 4. The van der Waals surface area contributed by atoms with E-state index in [0.29, 0.717) is 37.3 Å². The molecule has 252 valence electrons. The lowest BCUT2D eigenvalue weighted by Gasteiger charge is -2.37. The third-order valence-corrected chi connectivity index (χ3v) is 8.60. The van der Waals surface area contributed by atoms with E-state index in [9.17, 15) is 27.6 Å². The molecule has 0 atom stereocenters. The van der Waals surface area contributed by atoms with Crippen LogP contribution in [0.15, 0.2) is 36.7 Å². The number of piperidine rings is 1. The maximum Gasteiger partial charge on any atom is 0.433 e. The first-order valence-corrected chi connectivity index (χ1v) is 15.5. The van der Waals surface area contributed by atoms with Gasteiger partial charge in [0, 0.05) is 44.8 Å². The van der Waals surface area contributed by atoms with Gasteiger partial charge in [-0.2, -0.15) is 18.3 Å². The first kappa shape index (κ1) is 32.9. The molecule has 2 fully saturated rings. The van der Waals surface area contributed by atoms with Gasteiger partial charge in [-0.3, -0.25) is 19.5 Å². The molecule has 0 radical (unpaired) electrons. The van der Waals surface area contributed by atoms with Gasteiger partial charge < -0.3 is 31.2 Å². The maximum atomic E-state index is 13.8. The third-order valence-electron chi connectivity index (χ3n) is 8.28. The van der Waals surface area contributed by atoms with Crippen LogP contribution in [0.2, 0.25) is 5.02 Å². The number of piperazine rings is 1. The van der Waals surface area contributed by atoms with E-state index in [0.717, 1.165) is 32.1 Å². The summed E-state index contributed by atoms with van der Waals surface area (Å²) in [5, 5.41) is 11.8. The second-order valence-electron chi connectivity index (χ2n) is 11.4. The number of carbonyl (C=O) groups excluding carboxylic acids is 3. The number of amides is 3. The largest absolute Gasteiger partial charge is 0.433 e. The van der Waals surface area contributed by atoms with Crippen molar-refractivity contribution < 1.29 is 27.6 Å². The number of alkyl halides is 3. The molecule has 3 amide bonds. The first-order chi connectivity index (χ1) is 23.0. The fourth-order valence-corrected chi connectivity index (χ4v) is 6.04. The average Bonchev–Trinajstić information content (AvgIpc) is 3.76. The third kappa shape index (κ3) is 6.96. The molecule has 1 aromatic carbocycles. The Labute approximate surface area is 276 Å². The number of benzene rings is 1. The van der Waals surface area contributed by atoms with Crippen LogP contribution in [0.25, 0.3) is 22.8 Å². The van der Waals surface area contributed by atoms with Gasteiger partial charge in [0.25, 0.3) is 11.8 Å². The van der Waals surface area contributed by atoms with Crippen LogP contribution in [0.1, 0.15) is 45.1 Å². The number of H-pyrrole nitrogens is 2. The number of nitrogens with zero attached hydrogens (tertiary/aromatic N) is 6. The second kappa shape index (κ2) is 13.6. The summed E-state index contributed by atoms with van der Waals surface area (Å²) in [5.41, 5.74) is 4.55. The topological polar surface area (TPSA) is 191 Å². The maximum absolute atomic E-state index is 13.8. The van der Waals surface area contributed by atoms with E-state index in [1.165, 1.54) is 12.3 Å². The molecule has 6 rings (SSSR count). The molecule has 5 heterocycles. The van der Waals surface area contributed by atoms with Gasteiger partial charge in [-0.25, -0.2) is 15.0 Å². The fraction of sp³-hybridized carbons (Fsp3) is 0.367. The van der Waals surface area contributed by atoms with Crippen LogP contribution in [0.5, 0.6) is 0 Å². The molecule has 48 heavy (non-hydrogen) atoms. The zero-order chi connectivity index (χ0) is 34.0. The SMILES string of the molecule is Nc1ccnc(-c2n[nH]c(C(F)(F)F)c2-c2cnc(C(=O)NCc3ccc(C(=O)N4CCN(C(=O)C5CCNCC5)CC4)c(Cl)c3)[nH]2)n1. The van der Waals surface area contributed by atoms with Crippen molar-refractivity contribution in [3.05, 3.63) is 64.3 Å². The molecule has 0 saturated carbocycles. The highest BCUT2D eigenvalue weighted by molar-refractivity contribution is 6.33. The smallest absolute Gasteiger partial charge is 0.384 e. The van der Waals surface area contributed by atoms with Gasteiger partial charge in [0.15, 0.2) is 11.6 Å². The van der Waals surface area contributed by atoms with E-state index in [2.05, 4.69) is 35.7 Å². The number of hydrogen-bond donors (Lipinski definition) is 5. The van der Waals surface area contributed by atoms with Crippen molar-refractivity contribution in [3.8, 4) is 22.8 Å². The Morgan fingerprint density at radius 2 is 1.77 bits per heavy atom. The van der Waals surface area contributed by atoms with Gasteiger partial charge in [-0.05, 0) is 49.7 Å². The van der Waals surface area contributed by atoms with Crippen molar-refractivity contribution >= 4 is 35.1 Å². The number of nitrogens with two attached hydrogens (primary N) is 1. The van der Waals surface area contributed by atoms with Gasteiger partial charge >= 0.3 is 6.18 Å². The molecule has 2 aliphatic rings. The number of nitrogens with one attached hydrogen (secondary N) is 4. The van der Waals surface area contributed by atoms with Crippen molar-refractivity contribution in [2.24, 2.45) is 5.92 Å². The van der Waals surface area contributed by atoms with Crippen molar-refractivity contribution in [1.29, 1.82) is 0 Å². The summed E-state index contributed by atoms with van der Waals surface area (Å²) >= 11 is 6.48. The Hall–Kier alpha value is -5.03. The molecular formula is C30H31ClF3N11O3. The molecule has 14 nitrogen and oxygen atoms in total. The highest BCUT2D eigenvalue weighted by Gasteiger charge is 2.39. The monoisotopic (exact) mass is 685 g/mol. The van der Waals surface area contributed by atoms with Crippen LogP contribution >= 0.6 is 11.6 Å². The Bertz CT molecular complexity index is 1830. The van der Waals surface area contributed by atoms with Crippen LogP contribution in [0.4, 0.5) is 19.0 Å². The van der Waals surface area contributed by atoms with Crippen LogP contribution < -0.4 is 16.4 Å². The number of rotatable bonds is 7. The lowest BCUT2D eigenvalue weighted by atomic mass is 9.96. The summed E-state index contributed by atoms with van der Waals surface area (Å²) in [7, 11) is 0. The van der Waals surface area contributed by atoms with Crippen LogP contribution in [0.3, 0.4) is 0 Å². The number of aromatic amines is 2. The molecule has 2 aliphatic heterocycles. The van der Waals surface area contributed by atoms with Crippen molar-refractivity contribution in [2.75, 3.05) is 45.0 Å². The molecule has 0 aliphatic carbocycles. The molecule has 3 aromatic heterocycles. The van der Waals surface area contributed by atoms with Crippen LogP contribution in [0, 0.1) is 5.92 Å². The fourth-order valence-electron chi connectivity index (χ4n) is 5.76. The van der Waals surface area contributed by atoms with Gasteiger partial charge in [0.2, 0.25) is 5.91 Å². The lowest BCUT2D eigenvalue weighted by Crippen LogP contribution is -2.52. The number of imidazole rings is 1. The number of carbonyl (C=O) groups is 3. The number of hydrogen-bond acceptors (Lipinski definition) is 9. The van der Waals surface area contributed by atoms with E-state index >= 15 is 0 Å². The normalized spacial score (nSPS) is 15.8. The van der Waals surface area contributed by atoms with Crippen LogP contribution in [-0.2, 0) is 17.5 Å². The Morgan fingerprint density at radius 3 is 2.46 bits per heavy atom. The summed E-state index contributed by atoms with van der Waals surface area (Å²) in [6.07, 6.45) is -0.824. The Kier molecular flexibility index (Phi) is 9.32. The quantitative estimate of drug-likeness (QED) is 0.195. The minimum atomic E-state index is -4.82. The molecular weight excluding hydrogens is 655 g/mol. The zero-order valence-corrected chi connectivity index (χ0v) is 26.2.